The van der Waals surface area contributed by atoms with Gasteiger partial charge in [0.2, 0.25) is 5.78 Å². The van der Waals surface area contributed by atoms with E-state index >= 15 is 0 Å². The summed E-state index contributed by atoms with van der Waals surface area (Å²) in [4.78, 5) is 45.2. The number of nitrogens with zero attached hydrogens (tertiary/aromatic N) is 1. The molecular weight excluding hydrogens is 606 g/mol. The Hall–Kier alpha value is -3.46. The molecule has 202 valence electrons. The third-order valence-electron chi connectivity index (χ3n) is 5.83. The number of rotatable bonds is 11. The number of benzene rings is 4. The van der Waals surface area contributed by atoms with E-state index in [1.807, 2.05) is 91.9 Å². The molecule has 0 aliphatic carbocycles. The van der Waals surface area contributed by atoms with E-state index in [4.69, 9.17) is 4.84 Å². The van der Waals surface area contributed by atoms with Gasteiger partial charge in [-0.3, -0.25) is 9.59 Å². The van der Waals surface area contributed by atoms with Crippen molar-refractivity contribution in [3.05, 3.63) is 124 Å². The van der Waals surface area contributed by atoms with Crippen molar-refractivity contribution in [3.8, 4) is 0 Å². The summed E-state index contributed by atoms with van der Waals surface area (Å²) in [6.45, 7) is 3.18. The summed E-state index contributed by atoms with van der Waals surface area (Å²) in [5, 5.41) is 3.85. The first kappa shape index (κ1) is 29.5. The molecule has 0 radical (unpaired) electrons. The Labute approximate surface area is 250 Å². The summed E-state index contributed by atoms with van der Waals surface area (Å²) in [5.41, 5.74) is 2.94. The lowest BCUT2D eigenvalue weighted by Crippen LogP contribution is -2.16. The lowest BCUT2D eigenvalue weighted by atomic mass is 9.99. The minimum atomic E-state index is -0.579. The zero-order valence-electron chi connectivity index (χ0n) is 21.9. The van der Waals surface area contributed by atoms with Crippen molar-refractivity contribution in [2.24, 2.45) is 5.16 Å². The SMILES string of the molecule is CC(=O)O/N=C(\CCSc1ccc(Br)cc1)C(=O)c1ccc(Sc2ccc(C(=O)c3ccccc3C)cc2)cc1. The van der Waals surface area contributed by atoms with Crippen molar-refractivity contribution in [2.45, 2.75) is 35.0 Å². The predicted octanol–water partition coefficient (Wildman–Crippen LogP) is 8.42. The van der Waals surface area contributed by atoms with E-state index in [1.54, 1.807) is 23.9 Å². The van der Waals surface area contributed by atoms with E-state index < -0.39 is 5.97 Å². The summed E-state index contributed by atoms with van der Waals surface area (Å²) in [7, 11) is 0. The van der Waals surface area contributed by atoms with Crippen LogP contribution >= 0.6 is 39.5 Å². The Kier molecular flexibility index (Phi) is 10.5. The maximum atomic E-state index is 13.2. The molecule has 0 saturated carbocycles. The minimum Gasteiger partial charge on any atom is -0.318 e. The number of thioether (sulfide) groups is 1. The van der Waals surface area contributed by atoms with Gasteiger partial charge in [-0.2, -0.15) is 0 Å². The fourth-order valence-corrected chi connectivity index (χ4v) is 5.69. The number of aryl methyl sites for hydroxylation is 1. The van der Waals surface area contributed by atoms with Gasteiger partial charge in [-0.15, -0.1) is 11.8 Å². The summed E-state index contributed by atoms with van der Waals surface area (Å²) < 4.78 is 0.996. The van der Waals surface area contributed by atoms with Crippen LogP contribution in [0.1, 0.15) is 45.2 Å². The standard InChI is InChI=1S/C32H26BrNO4S2/c1-21-5-3-4-6-29(21)31(36)23-7-13-27(14-8-23)40-28-15-9-24(10-16-28)32(37)30(34-38-22(2)35)19-20-39-26-17-11-25(33)12-18-26/h3-18H,19-20H2,1-2H3/b34-30+. The van der Waals surface area contributed by atoms with Crippen molar-refractivity contribution >= 4 is 62.7 Å². The van der Waals surface area contributed by atoms with Gasteiger partial charge in [0.15, 0.2) is 5.78 Å². The zero-order valence-corrected chi connectivity index (χ0v) is 25.1. The van der Waals surface area contributed by atoms with Crippen LogP contribution in [0, 0.1) is 6.92 Å². The van der Waals surface area contributed by atoms with E-state index in [0.717, 1.165) is 24.7 Å². The topological polar surface area (TPSA) is 72.8 Å². The fourth-order valence-electron chi connectivity index (χ4n) is 3.75. The van der Waals surface area contributed by atoms with Crippen molar-refractivity contribution in [3.63, 3.8) is 0 Å². The number of hydrogen-bond donors (Lipinski definition) is 0. The zero-order chi connectivity index (χ0) is 28.5. The normalized spacial score (nSPS) is 11.2. The van der Waals surface area contributed by atoms with Crippen molar-refractivity contribution in [1.82, 2.24) is 0 Å². The molecule has 0 saturated heterocycles. The molecule has 0 atom stereocenters. The molecular formula is C32H26BrNO4S2. The Morgan fingerprint density at radius 1 is 0.775 bits per heavy atom. The highest BCUT2D eigenvalue weighted by molar-refractivity contribution is 9.10. The van der Waals surface area contributed by atoms with E-state index in [0.29, 0.717) is 28.9 Å². The lowest BCUT2D eigenvalue weighted by molar-refractivity contribution is -0.140. The summed E-state index contributed by atoms with van der Waals surface area (Å²) in [6, 6.07) is 30.2. The van der Waals surface area contributed by atoms with Crippen molar-refractivity contribution in [2.75, 3.05) is 5.75 Å². The first-order valence-electron chi connectivity index (χ1n) is 12.5. The molecule has 0 amide bonds. The average Bonchev–Trinajstić information content (AvgIpc) is 2.96. The molecule has 5 nitrogen and oxygen atoms in total. The van der Waals surface area contributed by atoms with Crippen LogP contribution in [0.5, 0.6) is 0 Å². The molecule has 4 rings (SSSR count). The number of halogens is 1. The Bertz CT molecular complexity index is 1530. The second-order valence-electron chi connectivity index (χ2n) is 8.80. The van der Waals surface area contributed by atoms with Crippen molar-refractivity contribution < 1.29 is 19.2 Å². The number of carbonyl (C=O) groups excluding carboxylic acids is 3. The van der Waals surface area contributed by atoms with Gasteiger partial charge >= 0.3 is 5.97 Å². The fraction of sp³-hybridized carbons (Fsp3) is 0.125. The molecule has 8 heteroatoms. The number of oxime groups is 1. The maximum Gasteiger partial charge on any atom is 0.331 e. The summed E-state index contributed by atoms with van der Waals surface area (Å²) in [5.74, 6) is -0.263. The summed E-state index contributed by atoms with van der Waals surface area (Å²) >= 11 is 6.55. The number of Topliss-reactive ketones (excluding diaryl/α,β-unsaturated/α-hetero) is 1. The quantitative estimate of drug-likeness (QED) is 0.0544. The van der Waals surface area contributed by atoms with E-state index in [-0.39, 0.29) is 17.3 Å². The predicted molar refractivity (Wildman–Crippen MR) is 165 cm³/mol. The smallest absolute Gasteiger partial charge is 0.318 e. The van der Waals surface area contributed by atoms with Crippen LogP contribution in [0.25, 0.3) is 0 Å². The van der Waals surface area contributed by atoms with Crippen LogP contribution in [0.3, 0.4) is 0 Å². The molecule has 0 heterocycles. The Morgan fingerprint density at radius 2 is 1.35 bits per heavy atom. The van der Waals surface area contributed by atoms with E-state index in [1.165, 1.54) is 18.7 Å². The molecule has 4 aromatic carbocycles. The maximum absolute atomic E-state index is 13.2. The molecule has 0 unspecified atom stereocenters. The first-order chi connectivity index (χ1) is 19.3. The highest BCUT2D eigenvalue weighted by Crippen LogP contribution is 2.29. The van der Waals surface area contributed by atoms with Gasteiger partial charge in [0, 0.05) is 54.9 Å². The molecule has 0 aromatic heterocycles. The van der Waals surface area contributed by atoms with Gasteiger partial charge in [-0.25, -0.2) is 4.79 Å². The average molecular weight is 633 g/mol. The summed E-state index contributed by atoms with van der Waals surface area (Å²) in [6.07, 6.45) is 0.344. The second-order valence-corrected chi connectivity index (χ2v) is 12.0. The molecule has 4 aromatic rings. The monoisotopic (exact) mass is 631 g/mol. The Balaban J connectivity index is 1.39. The third-order valence-corrected chi connectivity index (χ3v) is 8.38. The van der Waals surface area contributed by atoms with Gasteiger partial charge in [0.05, 0.1) is 0 Å². The van der Waals surface area contributed by atoms with Gasteiger partial charge < -0.3 is 4.84 Å². The highest BCUT2D eigenvalue weighted by atomic mass is 79.9. The molecule has 0 aliphatic rings. The molecule has 0 aliphatic heterocycles. The van der Waals surface area contributed by atoms with E-state index in [2.05, 4.69) is 21.1 Å². The molecule has 0 bridgehead atoms. The van der Waals surface area contributed by atoms with Crippen LogP contribution < -0.4 is 0 Å². The number of carbonyl (C=O) groups is 3. The Morgan fingerprint density at radius 3 is 1.95 bits per heavy atom. The minimum absolute atomic E-state index is 0.000947. The van der Waals surface area contributed by atoms with Crippen LogP contribution in [0.4, 0.5) is 0 Å². The van der Waals surface area contributed by atoms with Crippen LogP contribution in [0.15, 0.2) is 121 Å². The van der Waals surface area contributed by atoms with Crippen LogP contribution in [0.2, 0.25) is 0 Å². The van der Waals surface area contributed by atoms with Gasteiger partial charge in [0.25, 0.3) is 0 Å². The highest BCUT2D eigenvalue weighted by Gasteiger charge is 2.16. The molecule has 0 fully saturated rings. The van der Waals surface area contributed by atoms with Crippen LogP contribution in [-0.2, 0) is 9.63 Å². The molecule has 0 N–H and O–H groups in total. The van der Waals surface area contributed by atoms with E-state index in [9.17, 15) is 14.4 Å². The molecule has 40 heavy (non-hydrogen) atoms. The van der Waals surface area contributed by atoms with Gasteiger partial charge in [-0.1, -0.05) is 57.1 Å². The van der Waals surface area contributed by atoms with Gasteiger partial charge in [0.1, 0.15) is 5.71 Å². The molecule has 0 spiro atoms. The third kappa shape index (κ3) is 8.27. The van der Waals surface area contributed by atoms with Gasteiger partial charge in [-0.05, 0) is 85.3 Å². The second kappa shape index (κ2) is 14.3. The lowest BCUT2D eigenvalue weighted by Gasteiger charge is -2.08. The van der Waals surface area contributed by atoms with Crippen LogP contribution in [-0.4, -0.2) is 29.0 Å². The van der Waals surface area contributed by atoms with Crippen molar-refractivity contribution in [1.29, 1.82) is 0 Å². The number of hydrogen-bond acceptors (Lipinski definition) is 7. The largest absolute Gasteiger partial charge is 0.331 e. The first-order valence-corrected chi connectivity index (χ1v) is 15.1. The number of ketones is 2.